The minimum absolute atomic E-state index is 0.164. The molecule has 170 valence electrons. The minimum atomic E-state index is -0.230. The Hall–Kier alpha value is -2.99. The van der Waals surface area contributed by atoms with Crippen molar-refractivity contribution in [2.75, 3.05) is 20.3 Å². The van der Waals surface area contributed by atoms with Crippen LogP contribution in [0.3, 0.4) is 0 Å². The zero-order chi connectivity index (χ0) is 22.8. The van der Waals surface area contributed by atoms with Gasteiger partial charge in [0.05, 0.1) is 6.61 Å². The number of carbonyl (C=O) groups excluding carboxylic acids is 1. The van der Waals surface area contributed by atoms with Crippen molar-refractivity contribution in [3.8, 4) is 17.4 Å². The molecular weight excluding hydrogens is 402 g/mol. The van der Waals surface area contributed by atoms with Crippen LogP contribution in [0.1, 0.15) is 61.0 Å². The summed E-state index contributed by atoms with van der Waals surface area (Å²) in [6.07, 6.45) is 6.88. The molecule has 0 aliphatic rings. The number of benzene rings is 2. The first-order valence-corrected chi connectivity index (χ1v) is 11.5. The smallest absolute Gasteiger partial charge is 0.336 e. The number of nitrogens with zero attached hydrogens (tertiary/aromatic N) is 3. The van der Waals surface area contributed by atoms with Gasteiger partial charge in [0.2, 0.25) is 0 Å². The molecule has 3 aromatic rings. The predicted molar refractivity (Wildman–Crippen MR) is 126 cm³/mol. The number of carbonyl (C=O) groups is 1. The molecule has 3 rings (SSSR count). The van der Waals surface area contributed by atoms with E-state index in [1.54, 1.807) is 7.11 Å². The topological polar surface area (TPSA) is 66.2 Å². The molecule has 0 amide bonds. The summed E-state index contributed by atoms with van der Waals surface area (Å²) in [5.74, 6) is 0.236. The van der Waals surface area contributed by atoms with Gasteiger partial charge in [-0.05, 0) is 42.5 Å². The predicted octanol–water partition coefficient (Wildman–Crippen LogP) is 5.34. The van der Waals surface area contributed by atoms with Crippen LogP contribution in [0.4, 0.5) is 0 Å². The first-order chi connectivity index (χ1) is 15.7. The molecule has 0 radical (unpaired) electrons. The lowest BCUT2D eigenvalue weighted by molar-refractivity contribution is 0.0943. The van der Waals surface area contributed by atoms with Gasteiger partial charge < -0.3 is 9.47 Å². The van der Waals surface area contributed by atoms with Crippen molar-refractivity contribution in [2.45, 2.75) is 52.4 Å². The molecule has 0 atom stereocenters. The monoisotopic (exact) mass is 435 g/mol. The molecule has 1 aromatic heterocycles. The summed E-state index contributed by atoms with van der Waals surface area (Å²) in [6.45, 7) is 5.06. The van der Waals surface area contributed by atoms with Crippen LogP contribution in [0.2, 0.25) is 0 Å². The van der Waals surface area contributed by atoms with Gasteiger partial charge in [0.15, 0.2) is 5.82 Å². The Morgan fingerprint density at radius 2 is 1.62 bits per heavy atom. The molecule has 6 heteroatoms. The van der Waals surface area contributed by atoms with Gasteiger partial charge in [0, 0.05) is 18.2 Å². The summed E-state index contributed by atoms with van der Waals surface area (Å²) in [5.41, 5.74) is 3.85. The maximum Gasteiger partial charge on any atom is 0.336 e. The summed E-state index contributed by atoms with van der Waals surface area (Å²) in [7, 11) is 1.60. The van der Waals surface area contributed by atoms with Crippen LogP contribution >= 0.6 is 0 Å². The third kappa shape index (κ3) is 6.26. The maximum absolute atomic E-state index is 13.3. The highest BCUT2D eigenvalue weighted by Gasteiger charge is 2.20. The molecule has 0 aliphatic heterocycles. The molecule has 0 saturated carbocycles. The zero-order valence-electron chi connectivity index (χ0n) is 19.3. The van der Waals surface area contributed by atoms with Gasteiger partial charge in [-0.25, -0.2) is 0 Å². The fourth-order valence-electron chi connectivity index (χ4n) is 3.48. The van der Waals surface area contributed by atoms with E-state index in [2.05, 4.69) is 23.9 Å². The molecule has 0 unspecified atom stereocenters. The van der Waals surface area contributed by atoms with Gasteiger partial charge in [-0.3, -0.25) is 4.79 Å². The van der Waals surface area contributed by atoms with Crippen molar-refractivity contribution in [3.63, 3.8) is 0 Å². The van der Waals surface area contributed by atoms with Gasteiger partial charge in [0.25, 0.3) is 5.91 Å². The lowest BCUT2D eigenvalue weighted by Crippen LogP contribution is -2.15. The minimum Gasteiger partial charge on any atom is -0.460 e. The Kier molecular flexibility index (Phi) is 8.99. The Bertz CT molecular complexity index is 979. The summed E-state index contributed by atoms with van der Waals surface area (Å²) in [5, 5.41) is 4.35. The molecule has 0 fully saturated rings. The van der Waals surface area contributed by atoms with Gasteiger partial charge in [0.1, 0.15) is 6.61 Å². The molecule has 0 aliphatic carbocycles. The third-order valence-electron chi connectivity index (χ3n) is 5.44. The quantitative estimate of drug-likeness (QED) is 0.359. The Labute approximate surface area is 190 Å². The van der Waals surface area contributed by atoms with Gasteiger partial charge in [-0.2, -0.15) is 9.67 Å². The van der Waals surface area contributed by atoms with E-state index >= 15 is 0 Å². The van der Waals surface area contributed by atoms with Crippen molar-refractivity contribution < 1.29 is 14.3 Å². The largest absolute Gasteiger partial charge is 0.460 e. The molecule has 0 saturated heterocycles. The average Bonchev–Trinajstić information content (AvgIpc) is 3.26. The van der Waals surface area contributed by atoms with Crippen LogP contribution in [0.15, 0.2) is 48.5 Å². The average molecular weight is 436 g/mol. The van der Waals surface area contributed by atoms with Gasteiger partial charge in [-0.1, -0.05) is 69.5 Å². The van der Waals surface area contributed by atoms with Crippen LogP contribution in [-0.2, 0) is 17.6 Å². The van der Waals surface area contributed by atoms with E-state index in [0.29, 0.717) is 24.6 Å². The zero-order valence-corrected chi connectivity index (χ0v) is 19.3. The second kappa shape index (κ2) is 12.2. The molecule has 6 nitrogen and oxygen atoms in total. The van der Waals surface area contributed by atoms with Crippen molar-refractivity contribution in [1.29, 1.82) is 0 Å². The molecule has 2 aromatic carbocycles. The summed E-state index contributed by atoms with van der Waals surface area (Å²) >= 11 is 0. The van der Waals surface area contributed by atoms with Crippen molar-refractivity contribution >= 4 is 5.91 Å². The number of methoxy groups -OCH3 is 1. The van der Waals surface area contributed by atoms with Crippen molar-refractivity contribution in [1.82, 2.24) is 14.8 Å². The second-order valence-electron chi connectivity index (χ2n) is 7.83. The lowest BCUT2D eigenvalue weighted by Gasteiger charge is -2.07. The van der Waals surface area contributed by atoms with Crippen LogP contribution in [0.25, 0.3) is 11.4 Å². The third-order valence-corrected chi connectivity index (χ3v) is 5.44. The van der Waals surface area contributed by atoms with Crippen molar-refractivity contribution in [2.24, 2.45) is 0 Å². The Balaban J connectivity index is 1.83. The normalized spacial score (nSPS) is 11.0. The SMILES string of the molecule is CCCCCCc1ccc(C(=O)n2nc(OCCOC)nc2-c2ccc(CC)cc2)cc1. The Morgan fingerprint density at radius 3 is 2.28 bits per heavy atom. The second-order valence-corrected chi connectivity index (χ2v) is 7.83. The molecule has 32 heavy (non-hydrogen) atoms. The number of ether oxygens (including phenoxy) is 2. The summed E-state index contributed by atoms with van der Waals surface area (Å²) in [6, 6.07) is 16.0. The lowest BCUT2D eigenvalue weighted by atomic mass is 10.0. The highest BCUT2D eigenvalue weighted by atomic mass is 16.5. The Morgan fingerprint density at radius 1 is 0.906 bits per heavy atom. The molecule has 0 N–H and O–H groups in total. The van der Waals surface area contributed by atoms with E-state index in [4.69, 9.17) is 9.47 Å². The number of aryl methyl sites for hydroxylation is 2. The van der Waals surface area contributed by atoms with E-state index in [0.717, 1.165) is 18.4 Å². The van der Waals surface area contributed by atoms with Crippen LogP contribution in [0.5, 0.6) is 6.01 Å². The number of aromatic nitrogens is 3. The first-order valence-electron chi connectivity index (χ1n) is 11.5. The highest BCUT2D eigenvalue weighted by Crippen LogP contribution is 2.22. The standard InChI is InChI=1S/C26H33N3O3/c1-4-6-7-8-9-21-12-16-23(17-13-21)25(30)29-24(22-14-10-20(5-2)11-15-22)27-26(28-29)32-19-18-31-3/h10-17H,4-9,18-19H2,1-3H3. The fourth-order valence-corrected chi connectivity index (χ4v) is 3.48. The summed E-state index contributed by atoms with van der Waals surface area (Å²) in [4.78, 5) is 17.8. The van der Waals surface area contributed by atoms with E-state index in [1.807, 2.05) is 48.5 Å². The van der Waals surface area contributed by atoms with Crippen LogP contribution < -0.4 is 4.74 Å². The van der Waals surface area contributed by atoms with E-state index in [9.17, 15) is 4.79 Å². The van der Waals surface area contributed by atoms with Crippen LogP contribution in [-0.4, -0.2) is 41.0 Å². The number of hydrogen-bond donors (Lipinski definition) is 0. The van der Waals surface area contributed by atoms with Crippen molar-refractivity contribution in [3.05, 3.63) is 65.2 Å². The van der Waals surface area contributed by atoms with Crippen LogP contribution in [0, 0.1) is 0 Å². The summed E-state index contributed by atoms with van der Waals surface area (Å²) < 4.78 is 11.9. The molecule has 1 heterocycles. The van der Waals surface area contributed by atoms with Gasteiger partial charge in [-0.15, -0.1) is 5.10 Å². The number of rotatable bonds is 12. The molecule has 0 spiro atoms. The van der Waals surface area contributed by atoms with E-state index in [1.165, 1.54) is 41.5 Å². The van der Waals surface area contributed by atoms with E-state index < -0.39 is 0 Å². The fraction of sp³-hybridized carbons (Fsp3) is 0.423. The van der Waals surface area contributed by atoms with E-state index in [-0.39, 0.29) is 11.9 Å². The number of hydrogen-bond acceptors (Lipinski definition) is 5. The van der Waals surface area contributed by atoms with Gasteiger partial charge >= 0.3 is 6.01 Å². The number of unbranched alkanes of at least 4 members (excludes halogenated alkanes) is 3. The highest BCUT2D eigenvalue weighted by molar-refractivity contribution is 5.97. The first kappa shape index (κ1) is 23.7. The maximum atomic E-state index is 13.3. The molecule has 0 bridgehead atoms. The molecular formula is C26H33N3O3.